The van der Waals surface area contributed by atoms with E-state index in [1.165, 1.54) is 7.11 Å². The van der Waals surface area contributed by atoms with Crippen LogP contribution in [0.1, 0.15) is 36.9 Å². The number of phenols is 1. The van der Waals surface area contributed by atoms with Gasteiger partial charge < -0.3 is 54.9 Å². The molecule has 12 heteroatoms. The molecule has 0 saturated carbocycles. The highest BCUT2D eigenvalue weighted by atomic mass is 16.8. The standard InChI is InChI=1S/C25H35NO11/c1-3-12-14(7-16-13-8-17(28)18(34-2)6-11(13)4-5-26-16)15(23(32)33)10-35-24(12)37-25-22(31)21(30)20(29)19(9-27)36-25/h6,8,10,12,14,16,19-22,24-31H,3-5,7,9H2,1-2H3,(H,32,33)/t12-,14+,16+,19-,20-,21+,22-,24+,25+/m1/s1. The molecule has 37 heavy (non-hydrogen) atoms. The van der Waals surface area contributed by atoms with E-state index in [-0.39, 0.29) is 17.4 Å². The molecule has 0 aromatic heterocycles. The molecule has 1 saturated heterocycles. The van der Waals surface area contributed by atoms with E-state index < -0.39 is 61.4 Å². The summed E-state index contributed by atoms with van der Waals surface area (Å²) in [5.74, 6) is -1.80. The maximum Gasteiger partial charge on any atom is 0.334 e. The Bertz CT molecular complexity index is 999. The number of rotatable bonds is 8. The van der Waals surface area contributed by atoms with E-state index in [1.807, 2.05) is 6.92 Å². The van der Waals surface area contributed by atoms with E-state index in [9.17, 15) is 35.4 Å². The molecule has 7 N–H and O–H groups in total. The molecular formula is C25H35NO11. The lowest BCUT2D eigenvalue weighted by Crippen LogP contribution is -2.60. The second kappa shape index (κ2) is 11.5. The molecule has 1 aromatic rings. The molecule has 0 bridgehead atoms. The number of hydrogen-bond donors (Lipinski definition) is 7. The van der Waals surface area contributed by atoms with E-state index in [0.717, 1.165) is 23.8 Å². The van der Waals surface area contributed by atoms with Crippen molar-refractivity contribution in [2.45, 2.75) is 69.2 Å². The third kappa shape index (κ3) is 5.41. The van der Waals surface area contributed by atoms with Crippen LogP contribution in [0.25, 0.3) is 0 Å². The molecule has 3 heterocycles. The lowest BCUT2D eigenvalue weighted by Gasteiger charge is -2.44. The Balaban J connectivity index is 1.59. The molecule has 0 spiro atoms. The minimum atomic E-state index is -1.62. The SMILES string of the molecule is CC[C@H]1[C@H](O[C@@H]2O[C@H](CO)[C@@H](O)[C@H](O)[C@H]2O)OC=C(C(=O)O)[C@H]1C[C@@H]1NCCc2cc(OC)c(O)cc21. The summed E-state index contributed by atoms with van der Waals surface area (Å²) in [6.07, 6.45) is -5.73. The van der Waals surface area contributed by atoms with Gasteiger partial charge in [-0.1, -0.05) is 6.92 Å². The fourth-order valence-electron chi connectivity index (χ4n) is 5.47. The first-order valence-corrected chi connectivity index (χ1v) is 12.4. The molecule has 4 rings (SSSR count). The van der Waals surface area contributed by atoms with Crippen molar-refractivity contribution in [2.75, 3.05) is 20.3 Å². The van der Waals surface area contributed by atoms with Gasteiger partial charge >= 0.3 is 5.97 Å². The molecule has 0 radical (unpaired) electrons. The smallest absolute Gasteiger partial charge is 0.334 e. The predicted molar refractivity (Wildman–Crippen MR) is 126 cm³/mol. The summed E-state index contributed by atoms with van der Waals surface area (Å²) in [5.41, 5.74) is 1.91. The number of benzene rings is 1. The highest BCUT2D eigenvalue weighted by molar-refractivity contribution is 5.87. The fraction of sp³-hybridized carbons (Fsp3) is 0.640. The van der Waals surface area contributed by atoms with Gasteiger partial charge in [0.1, 0.15) is 24.4 Å². The Morgan fingerprint density at radius 3 is 2.57 bits per heavy atom. The maximum absolute atomic E-state index is 12.1. The van der Waals surface area contributed by atoms with Gasteiger partial charge in [0.05, 0.1) is 25.6 Å². The van der Waals surface area contributed by atoms with Crippen LogP contribution >= 0.6 is 0 Å². The van der Waals surface area contributed by atoms with Crippen LogP contribution in [0.15, 0.2) is 24.0 Å². The first-order chi connectivity index (χ1) is 17.7. The van der Waals surface area contributed by atoms with Crippen molar-refractivity contribution in [1.82, 2.24) is 5.32 Å². The lowest BCUT2D eigenvalue weighted by atomic mass is 9.76. The van der Waals surface area contributed by atoms with Crippen LogP contribution in [-0.2, 0) is 25.4 Å². The second-order valence-corrected chi connectivity index (χ2v) is 9.61. The van der Waals surface area contributed by atoms with E-state index in [2.05, 4.69) is 5.32 Å². The van der Waals surface area contributed by atoms with Gasteiger partial charge in [0, 0.05) is 17.9 Å². The number of phenolic OH excluding ortho intramolecular Hbond substituents is 1. The number of aromatic hydroxyl groups is 1. The number of ether oxygens (including phenoxy) is 4. The van der Waals surface area contributed by atoms with Gasteiger partial charge in [0.15, 0.2) is 17.8 Å². The number of aliphatic carboxylic acids is 1. The summed E-state index contributed by atoms with van der Waals surface area (Å²) in [7, 11) is 1.48. The molecule has 1 fully saturated rings. The van der Waals surface area contributed by atoms with Crippen LogP contribution in [0, 0.1) is 11.8 Å². The summed E-state index contributed by atoms with van der Waals surface area (Å²) in [4.78, 5) is 12.1. The zero-order valence-corrected chi connectivity index (χ0v) is 20.7. The average molecular weight is 526 g/mol. The monoisotopic (exact) mass is 525 g/mol. The quantitative estimate of drug-likeness (QED) is 0.236. The molecule has 0 unspecified atom stereocenters. The molecule has 206 valence electrons. The largest absolute Gasteiger partial charge is 0.504 e. The number of carboxylic acid groups (broad SMARTS) is 1. The van der Waals surface area contributed by atoms with Gasteiger partial charge in [0.2, 0.25) is 6.29 Å². The van der Waals surface area contributed by atoms with Gasteiger partial charge in [-0.2, -0.15) is 0 Å². The lowest BCUT2D eigenvalue weighted by molar-refractivity contribution is -0.342. The van der Waals surface area contributed by atoms with Crippen molar-refractivity contribution in [2.24, 2.45) is 11.8 Å². The number of hydrogen-bond acceptors (Lipinski definition) is 11. The van der Waals surface area contributed by atoms with E-state index in [1.54, 1.807) is 12.1 Å². The van der Waals surface area contributed by atoms with Crippen LogP contribution in [0.5, 0.6) is 11.5 Å². The van der Waals surface area contributed by atoms with E-state index in [0.29, 0.717) is 25.1 Å². The highest BCUT2D eigenvalue weighted by Crippen LogP contribution is 2.43. The summed E-state index contributed by atoms with van der Waals surface area (Å²) in [5, 5.41) is 63.7. The van der Waals surface area contributed by atoms with Crippen LogP contribution in [-0.4, -0.2) is 93.9 Å². The normalized spacial score (nSPS) is 35.7. The number of carbonyl (C=O) groups is 1. The predicted octanol–water partition coefficient (Wildman–Crippen LogP) is -0.239. The van der Waals surface area contributed by atoms with Crippen LogP contribution in [0.2, 0.25) is 0 Å². The molecule has 3 aliphatic heterocycles. The maximum atomic E-state index is 12.1. The van der Waals surface area contributed by atoms with Crippen LogP contribution in [0.4, 0.5) is 0 Å². The summed E-state index contributed by atoms with van der Waals surface area (Å²) in [6.45, 7) is 1.90. The molecule has 12 nitrogen and oxygen atoms in total. The highest BCUT2D eigenvalue weighted by Gasteiger charge is 2.48. The zero-order valence-electron chi connectivity index (χ0n) is 20.7. The molecule has 1 aromatic carbocycles. The van der Waals surface area contributed by atoms with Gasteiger partial charge in [-0.05, 0) is 49.1 Å². The Morgan fingerprint density at radius 2 is 1.92 bits per heavy atom. The molecule has 9 atom stereocenters. The minimum Gasteiger partial charge on any atom is -0.504 e. The van der Waals surface area contributed by atoms with Crippen molar-refractivity contribution in [3.63, 3.8) is 0 Å². The number of nitrogens with one attached hydrogen (secondary N) is 1. The molecule has 0 amide bonds. The average Bonchev–Trinajstić information content (AvgIpc) is 2.88. The fourth-order valence-corrected chi connectivity index (χ4v) is 5.47. The summed E-state index contributed by atoms with van der Waals surface area (Å²) >= 11 is 0. The third-order valence-electron chi connectivity index (χ3n) is 7.52. The molecular weight excluding hydrogens is 490 g/mol. The first kappa shape index (κ1) is 27.6. The zero-order chi connectivity index (χ0) is 26.9. The van der Waals surface area contributed by atoms with Crippen molar-refractivity contribution < 1.29 is 54.4 Å². The van der Waals surface area contributed by atoms with E-state index in [4.69, 9.17) is 18.9 Å². The number of aliphatic hydroxyl groups is 4. The van der Waals surface area contributed by atoms with Crippen LogP contribution < -0.4 is 10.1 Å². The van der Waals surface area contributed by atoms with Crippen molar-refractivity contribution >= 4 is 5.97 Å². The van der Waals surface area contributed by atoms with Gasteiger partial charge in [-0.25, -0.2) is 4.79 Å². The minimum absolute atomic E-state index is 0.00760. The van der Waals surface area contributed by atoms with Crippen molar-refractivity contribution in [1.29, 1.82) is 0 Å². The Labute approximate surface area is 214 Å². The van der Waals surface area contributed by atoms with Gasteiger partial charge in [-0.3, -0.25) is 0 Å². The van der Waals surface area contributed by atoms with Crippen molar-refractivity contribution in [3.05, 3.63) is 35.1 Å². The second-order valence-electron chi connectivity index (χ2n) is 9.61. The van der Waals surface area contributed by atoms with Gasteiger partial charge in [-0.15, -0.1) is 0 Å². The number of fused-ring (bicyclic) bond motifs is 1. The van der Waals surface area contributed by atoms with E-state index >= 15 is 0 Å². The Morgan fingerprint density at radius 1 is 1.16 bits per heavy atom. The first-order valence-electron chi connectivity index (χ1n) is 12.4. The number of carboxylic acids is 1. The Kier molecular flexibility index (Phi) is 8.59. The third-order valence-corrected chi connectivity index (χ3v) is 7.52. The summed E-state index contributed by atoms with van der Waals surface area (Å²) in [6, 6.07) is 3.16. The van der Waals surface area contributed by atoms with Crippen molar-refractivity contribution in [3.8, 4) is 11.5 Å². The van der Waals surface area contributed by atoms with Crippen LogP contribution in [0.3, 0.4) is 0 Å². The summed E-state index contributed by atoms with van der Waals surface area (Å²) < 4.78 is 22.2. The molecule has 0 aliphatic carbocycles. The number of methoxy groups -OCH3 is 1. The topological polar surface area (TPSA) is 187 Å². The van der Waals surface area contributed by atoms with Gasteiger partial charge in [0.25, 0.3) is 0 Å². The molecule has 3 aliphatic rings. The number of aliphatic hydroxyl groups excluding tert-OH is 4. The Hall–Kier alpha value is -2.45.